The smallest absolute Gasteiger partial charge is 0.223 e. The Morgan fingerprint density at radius 2 is 2.22 bits per heavy atom. The van der Waals surface area contributed by atoms with Gasteiger partial charge in [-0.05, 0) is 50.0 Å². The number of rotatable bonds is 2. The van der Waals surface area contributed by atoms with Crippen LogP contribution in [0.15, 0.2) is 6.07 Å². The summed E-state index contributed by atoms with van der Waals surface area (Å²) in [5.74, 6) is 0.813. The molecule has 4 nitrogen and oxygen atoms in total. The molecule has 96 valence electrons. The third kappa shape index (κ3) is 2.01. The lowest BCUT2D eigenvalue weighted by atomic mass is 9.99. The maximum atomic E-state index is 12.2. The molecule has 18 heavy (non-hydrogen) atoms. The molecule has 0 bridgehead atoms. The van der Waals surface area contributed by atoms with Gasteiger partial charge in [-0.25, -0.2) is 0 Å². The van der Waals surface area contributed by atoms with Crippen LogP contribution in [0.3, 0.4) is 0 Å². The van der Waals surface area contributed by atoms with Crippen molar-refractivity contribution in [2.75, 3.05) is 13.1 Å². The molecule has 0 aromatic carbocycles. The van der Waals surface area contributed by atoms with Crippen LogP contribution in [0.1, 0.15) is 28.9 Å². The number of hydrogen-bond acceptors (Lipinski definition) is 3. The second-order valence-electron chi connectivity index (χ2n) is 5.48. The molecule has 1 aromatic heterocycles. The SMILES string of the molecule is Cc1cc(C)c2c(n1)CN(C(=O)CC1CNC1)C2. The number of nitrogens with zero attached hydrogens (tertiary/aromatic N) is 2. The van der Waals surface area contributed by atoms with Crippen LogP contribution < -0.4 is 5.32 Å². The van der Waals surface area contributed by atoms with E-state index in [-0.39, 0.29) is 5.91 Å². The maximum Gasteiger partial charge on any atom is 0.223 e. The Kier molecular flexibility index (Phi) is 2.82. The molecule has 3 rings (SSSR count). The van der Waals surface area contributed by atoms with Crippen molar-refractivity contribution in [1.82, 2.24) is 15.2 Å². The summed E-state index contributed by atoms with van der Waals surface area (Å²) in [7, 11) is 0. The van der Waals surface area contributed by atoms with E-state index in [0.29, 0.717) is 18.9 Å². The van der Waals surface area contributed by atoms with Crippen LogP contribution in [-0.4, -0.2) is 28.9 Å². The molecule has 0 spiro atoms. The van der Waals surface area contributed by atoms with Gasteiger partial charge in [-0.2, -0.15) is 0 Å². The average Bonchev–Trinajstić information content (AvgIpc) is 2.67. The summed E-state index contributed by atoms with van der Waals surface area (Å²) in [5.41, 5.74) is 4.65. The molecule has 1 N–H and O–H groups in total. The third-order valence-corrected chi connectivity index (χ3v) is 3.93. The van der Waals surface area contributed by atoms with E-state index in [1.807, 2.05) is 11.8 Å². The number of carbonyl (C=O) groups is 1. The molecule has 1 amide bonds. The number of aromatic nitrogens is 1. The van der Waals surface area contributed by atoms with E-state index in [0.717, 1.165) is 31.0 Å². The fourth-order valence-electron chi connectivity index (χ4n) is 2.76. The zero-order chi connectivity index (χ0) is 12.7. The highest BCUT2D eigenvalue weighted by molar-refractivity contribution is 5.77. The number of hydrogen-bond donors (Lipinski definition) is 1. The molecule has 2 aliphatic heterocycles. The van der Waals surface area contributed by atoms with Crippen LogP contribution in [0.4, 0.5) is 0 Å². The lowest BCUT2D eigenvalue weighted by Gasteiger charge is -2.28. The van der Waals surface area contributed by atoms with Crippen LogP contribution in [0.25, 0.3) is 0 Å². The topological polar surface area (TPSA) is 45.2 Å². The molecule has 0 radical (unpaired) electrons. The fourth-order valence-corrected chi connectivity index (χ4v) is 2.76. The summed E-state index contributed by atoms with van der Waals surface area (Å²) >= 11 is 0. The Morgan fingerprint density at radius 1 is 1.44 bits per heavy atom. The van der Waals surface area contributed by atoms with E-state index in [1.165, 1.54) is 11.1 Å². The average molecular weight is 245 g/mol. The number of nitrogens with one attached hydrogen (secondary N) is 1. The Labute approximate surface area is 107 Å². The zero-order valence-electron chi connectivity index (χ0n) is 11.0. The van der Waals surface area contributed by atoms with Gasteiger partial charge in [-0.1, -0.05) is 0 Å². The lowest BCUT2D eigenvalue weighted by Crippen LogP contribution is -2.44. The summed E-state index contributed by atoms with van der Waals surface area (Å²) in [6.07, 6.45) is 0.680. The minimum Gasteiger partial charge on any atom is -0.332 e. The monoisotopic (exact) mass is 245 g/mol. The van der Waals surface area contributed by atoms with Gasteiger partial charge in [0.1, 0.15) is 0 Å². The first-order valence-corrected chi connectivity index (χ1v) is 6.58. The highest BCUT2D eigenvalue weighted by Crippen LogP contribution is 2.26. The molecule has 2 aliphatic rings. The van der Waals surface area contributed by atoms with E-state index in [2.05, 4.69) is 23.3 Å². The second-order valence-corrected chi connectivity index (χ2v) is 5.48. The van der Waals surface area contributed by atoms with Crippen LogP contribution in [0.5, 0.6) is 0 Å². The summed E-state index contributed by atoms with van der Waals surface area (Å²) in [5, 5.41) is 3.21. The Balaban J connectivity index is 1.72. The zero-order valence-corrected chi connectivity index (χ0v) is 11.0. The molecular weight excluding hydrogens is 226 g/mol. The van der Waals surface area contributed by atoms with Crippen molar-refractivity contribution in [1.29, 1.82) is 0 Å². The highest BCUT2D eigenvalue weighted by atomic mass is 16.2. The van der Waals surface area contributed by atoms with Crippen LogP contribution in [0.2, 0.25) is 0 Å². The van der Waals surface area contributed by atoms with Crippen molar-refractivity contribution in [3.63, 3.8) is 0 Å². The number of carbonyl (C=O) groups excluding carboxylic acids is 1. The number of amides is 1. The minimum absolute atomic E-state index is 0.275. The van der Waals surface area contributed by atoms with Crippen molar-refractivity contribution in [2.24, 2.45) is 5.92 Å². The molecule has 0 saturated carbocycles. The van der Waals surface area contributed by atoms with Gasteiger partial charge in [-0.3, -0.25) is 9.78 Å². The fraction of sp³-hybridized carbons (Fsp3) is 0.571. The summed E-state index contributed by atoms with van der Waals surface area (Å²) in [4.78, 5) is 18.7. The minimum atomic E-state index is 0.275. The highest BCUT2D eigenvalue weighted by Gasteiger charge is 2.29. The van der Waals surface area contributed by atoms with E-state index in [4.69, 9.17) is 0 Å². The van der Waals surface area contributed by atoms with Crippen molar-refractivity contribution in [3.8, 4) is 0 Å². The number of aryl methyl sites for hydroxylation is 2. The Bertz CT molecular complexity index is 494. The van der Waals surface area contributed by atoms with Gasteiger partial charge in [0, 0.05) is 18.7 Å². The predicted molar refractivity (Wildman–Crippen MR) is 68.9 cm³/mol. The van der Waals surface area contributed by atoms with Gasteiger partial charge in [0.2, 0.25) is 5.91 Å². The molecule has 0 atom stereocenters. The first-order chi connectivity index (χ1) is 8.63. The van der Waals surface area contributed by atoms with Crippen molar-refractivity contribution >= 4 is 5.91 Å². The summed E-state index contributed by atoms with van der Waals surface area (Å²) in [6, 6.07) is 2.10. The van der Waals surface area contributed by atoms with Crippen LogP contribution in [0, 0.1) is 19.8 Å². The van der Waals surface area contributed by atoms with E-state index in [1.54, 1.807) is 0 Å². The van der Waals surface area contributed by atoms with Crippen molar-refractivity contribution < 1.29 is 4.79 Å². The number of pyridine rings is 1. The van der Waals surface area contributed by atoms with Gasteiger partial charge in [0.05, 0.1) is 12.2 Å². The molecular formula is C14H19N3O. The van der Waals surface area contributed by atoms with E-state index in [9.17, 15) is 4.79 Å². The molecule has 1 saturated heterocycles. The largest absolute Gasteiger partial charge is 0.332 e. The molecule has 0 aliphatic carbocycles. The predicted octanol–water partition coefficient (Wildman–Crippen LogP) is 1.15. The van der Waals surface area contributed by atoms with Gasteiger partial charge >= 0.3 is 0 Å². The third-order valence-electron chi connectivity index (χ3n) is 3.93. The molecule has 4 heteroatoms. The van der Waals surface area contributed by atoms with E-state index < -0.39 is 0 Å². The van der Waals surface area contributed by atoms with Gasteiger partial charge in [-0.15, -0.1) is 0 Å². The molecule has 0 unspecified atom stereocenters. The van der Waals surface area contributed by atoms with Gasteiger partial charge in [0.25, 0.3) is 0 Å². The normalized spacial score (nSPS) is 18.7. The van der Waals surface area contributed by atoms with Gasteiger partial charge in [0.15, 0.2) is 0 Å². The summed E-state index contributed by atoms with van der Waals surface area (Å²) < 4.78 is 0. The van der Waals surface area contributed by atoms with Gasteiger partial charge < -0.3 is 10.2 Å². The van der Waals surface area contributed by atoms with Crippen LogP contribution in [-0.2, 0) is 17.9 Å². The molecule has 1 aromatic rings. The van der Waals surface area contributed by atoms with Crippen LogP contribution >= 0.6 is 0 Å². The Hall–Kier alpha value is -1.42. The quantitative estimate of drug-likeness (QED) is 0.850. The molecule has 3 heterocycles. The van der Waals surface area contributed by atoms with E-state index >= 15 is 0 Å². The first-order valence-electron chi connectivity index (χ1n) is 6.58. The summed E-state index contributed by atoms with van der Waals surface area (Å²) in [6.45, 7) is 7.53. The Morgan fingerprint density at radius 3 is 2.89 bits per heavy atom. The maximum absolute atomic E-state index is 12.2. The standard InChI is InChI=1S/C14H19N3O/c1-9-3-10(2)16-13-8-17(7-12(9)13)14(18)4-11-5-15-6-11/h3,11,15H,4-8H2,1-2H3. The number of fused-ring (bicyclic) bond motifs is 1. The first kappa shape index (κ1) is 11.7. The van der Waals surface area contributed by atoms with Crippen molar-refractivity contribution in [2.45, 2.75) is 33.4 Å². The van der Waals surface area contributed by atoms with Crippen molar-refractivity contribution in [3.05, 3.63) is 28.6 Å². The lowest BCUT2D eigenvalue weighted by molar-refractivity contribution is -0.133. The second kappa shape index (κ2) is 4.35. The molecule has 1 fully saturated rings.